The van der Waals surface area contributed by atoms with E-state index in [1.165, 1.54) is 4.52 Å². The van der Waals surface area contributed by atoms with E-state index in [2.05, 4.69) is 36.0 Å². The highest BCUT2D eigenvalue weighted by Gasteiger charge is 2.18. The van der Waals surface area contributed by atoms with Crippen molar-refractivity contribution in [2.75, 3.05) is 19.1 Å². The molecule has 0 bridgehead atoms. The second-order valence-electron chi connectivity index (χ2n) is 4.63. The number of halogens is 1. The first-order chi connectivity index (χ1) is 10.8. The van der Waals surface area contributed by atoms with Crippen LogP contribution in [-0.4, -0.2) is 46.3 Å². The van der Waals surface area contributed by atoms with Crippen LogP contribution in [0.4, 0.5) is 5.95 Å². The Balaban J connectivity index is 2.19. The minimum Gasteiger partial charge on any atom is -0.496 e. The van der Waals surface area contributed by atoms with E-state index < -0.39 is 15.0 Å². The van der Waals surface area contributed by atoms with Gasteiger partial charge in [0, 0.05) is 11.8 Å². The molecule has 23 heavy (non-hydrogen) atoms. The van der Waals surface area contributed by atoms with Crippen LogP contribution in [0.3, 0.4) is 0 Å². The van der Waals surface area contributed by atoms with Gasteiger partial charge < -0.3 is 10.5 Å². The fourth-order valence-electron chi connectivity index (χ4n) is 1.87. The third-order valence-corrected chi connectivity index (χ3v) is 4.45. The molecule has 0 radical (unpaired) electrons. The van der Waals surface area contributed by atoms with E-state index >= 15 is 0 Å². The molecule has 2 N–H and O–H groups in total. The highest BCUT2D eigenvalue weighted by atomic mass is 79.9. The zero-order valence-electron chi connectivity index (χ0n) is 12.1. The van der Waals surface area contributed by atoms with Crippen LogP contribution in [0.5, 0.6) is 5.75 Å². The molecule has 0 spiro atoms. The standard InChI is InChI=1S/C12H11BrN6O3S/c1-22-8-5-6(3-4-7(8)13)9-15-11-17-12(23(2,20)21)16-10(14)19(11)18-9/h3-5H,1-2H3,(H2,14,15,16,17,18). The number of hydrogen-bond acceptors (Lipinski definition) is 8. The summed E-state index contributed by atoms with van der Waals surface area (Å²) in [4.78, 5) is 11.8. The number of sulfone groups is 1. The predicted molar refractivity (Wildman–Crippen MR) is 85.8 cm³/mol. The number of anilines is 1. The summed E-state index contributed by atoms with van der Waals surface area (Å²) < 4.78 is 30.3. The molecule has 0 aliphatic heterocycles. The van der Waals surface area contributed by atoms with Crippen LogP contribution in [-0.2, 0) is 9.84 Å². The molecule has 0 fully saturated rings. The quantitative estimate of drug-likeness (QED) is 0.690. The number of nitrogens with two attached hydrogens (primary N) is 1. The lowest BCUT2D eigenvalue weighted by molar-refractivity contribution is 0.412. The van der Waals surface area contributed by atoms with Gasteiger partial charge in [-0.3, -0.25) is 0 Å². The topological polar surface area (TPSA) is 125 Å². The van der Waals surface area contributed by atoms with Gasteiger partial charge in [-0.25, -0.2) is 8.42 Å². The summed E-state index contributed by atoms with van der Waals surface area (Å²) in [7, 11) is -2.05. The maximum atomic E-state index is 11.6. The molecule has 0 saturated carbocycles. The minimum absolute atomic E-state index is 0.0508. The molecule has 0 atom stereocenters. The first kappa shape index (κ1) is 15.6. The van der Waals surface area contributed by atoms with E-state index in [0.29, 0.717) is 17.1 Å². The summed E-state index contributed by atoms with van der Waals surface area (Å²) in [5, 5.41) is 3.81. The maximum Gasteiger partial charge on any atom is 0.258 e. The highest BCUT2D eigenvalue weighted by molar-refractivity contribution is 9.10. The van der Waals surface area contributed by atoms with E-state index in [1.54, 1.807) is 25.3 Å². The van der Waals surface area contributed by atoms with E-state index in [9.17, 15) is 8.42 Å². The van der Waals surface area contributed by atoms with Gasteiger partial charge in [-0.1, -0.05) is 0 Å². The maximum absolute atomic E-state index is 11.6. The molecular weight excluding hydrogens is 388 g/mol. The van der Waals surface area contributed by atoms with Crippen molar-refractivity contribution in [3.63, 3.8) is 0 Å². The Kier molecular flexibility index (Phi) is 3.68. The van der Waals surface area contributed by atoms with E-state index in [-0.39, 0.29) is 11.7 Å². The molecule has 2 heterocycles. The van der Waals surface area contributed by atoms with Crippen molar-refractivity contribution in [1.82, 2.24) is 24.6 Å². The van der Waals surface area contributed by atoms with Crippen molar-refractivity contribution in [2.45, 2.75) is 5.16 Å². The predicted octanol–water partition coefficient (Wildman–Crippen LogP) is 0.943. The average molecular weight is 399 g/mol. The molecule has 11 heteroatoms. The minimum atomic E-state index is -3.60. The number of methoxy groups -OCH3 is 1. The first-order valence-electron chi connectivity index (χ1n) is 6.24. The molecule has 0 amide bonds. The number of fused-ring (bicyclic) bond motifs is 1. The molecule has 3 rings (SSSR count). The van der Waals surface area contributed by atoms with E-state index in [0.717, 1.165) is 10.7 Å². The monoisotopic (exact) mass is 398 g/mol. The fourth-order valence-corrected chi connectivity index (χ4v) is 2.79. The van der Waals surface area contributed by atoms with Crippen molar-refractivity contribution in [3.05, 3.63) is 22.7 Å². The van der Waals surface area contributed by atoms with Crippen LogP contribution in [0, 0.1) is 0 Å². The van der Waals surface area contributed by atoms with Crippen molar-refractivity contribution in [1.29, 1.82) is 0 Å². The molecular formula is C12H11BrN6O3S. The zero-order valence-corrected chi connectivity index (χ0v) is 14.5. The molecule has 120 valence electrons. The van der Waals surface area contributed by atoms with Crippen LogP contribution in [0.25, 0.3) is 17.2 Å². The van der Waals surface area contributed by atoms with Gasteiger partial charge in [0.15, 0.2) is 5.82 Å². The van der Waals surface area contributed by atoms with Gasteiger partial charge in [0.1, 0.15) is 5.75 Å². The Labute approximate surface area is 139 Å². The molecule has 0 unspecified atom stereocenters. The lowest BCUT2D eigenvalue weighted by atomic mass is 10.2. The molecule has 0 aliphatic rings. The van der Waals surface area contributed by atoms with Crippen molar-refractivity contribution in [3.8, 4) is 17.1 Å². The molecule has 3 aromatic rings. The number of aromatic nitrogens is 5. The largest absolute Gasteiger partial charge is 0.496 e. The third-order valence-electron chi connectivity index (χ3n) is 2.95. The lowest BCUT2D eigenvalue weighted by Gasteiger charge is -2.03. The normalized spacial score (nSPS) is 11.8. The van der Waals surface area contributed by atoms with Gasteiger partial charge >= 0.3 is 0 Å². The van der Waals surface area contributed by atoms with Crippen molar-refractivity contribution < 1.29 is 13.2 Å². The number of hydrogen-bond donors (Lipinski definition) is 1. The van der Waals surface area contributed by atoms with Crippen LogP contribution in [0.15, 0.2) is 27.8 Å². The van der Waals surface area contributed by atoms with Crippen LogP contribution in [0.1, 0.15) is 0 Å². The average Bonchev–Trinajstić information content (AvgIpc) is 2.91. The summed E-state index contributed by atoms with van der Waals surface area (Å²) in [6.45, 7) is 0. The van der Waals surface area contributed by atoms with Gasteiger partial charge in [-0.2, -0.15) is 19.5 Å². The summed E-state index contributed by atoms with van der Waals surface area (Å²) in [5.41, 5.74) is 6.40. The number of ether oxygens (including phenoxy) is 1. The van der Waals surface area contributed by atoms with E-state index in [1.807, 2.05) is 0 Å². The van der Waals surface area contributed by atoms with Gasteiger partial charge in [-0.05, 0) is 34.1 Å². The molecule has 9 nitrogen and oxygen atoms in total. The number of rotatable bonds is 3. The van der Waals surface area contributed by atoms with Gasteiger partial charge in [0.25, 0.3) is 10.9 Å². The Morgan fingerprint density at radius 3 is 2.65 bits per heavy atom. The zero-order chi connectivity index (χ0) is 16.8. The number of nitrogens with zero attached hydrogens (tertiary/aromatic N) is 5. The van der Waals surface area contributed by atoms with Gasteiger partial charge in [-0.15, -0.1) is 5.10 Å². The van der Waals surface area contributed by atoms with Crippen LogP contribution in [0.2, 0.25) is 0 Å². The lowest BCUT2D eigenvalue weighted by Crippen LogP contribution is -2.11. The highest BCUT2D eigenvalue weighted by Crippen LogP contribution is 2.29. The Morgan fingerprint density at radius 2 is 2.00 bits per heavy atom. The Bertz CT molecular complexity index is 1020. The number of nitrogen functional groups attached to an aromatic ring is 1. The second-order valence-corrected chi connectivity index (χ2v) is 7.40. The third kappa shape index (κ3) is 2.84. The van der Waals surface area contributed by atoms with Crippen molar-refractivity contribution >= 4 is 37.5 Å². The molecule has 0 aliphatic carbocycles. The summed E-state index contributed by atoms with van der Waals surface area (Å²) in [6, 6.07) is 5.30. The molecule has 2 aromatic heterocycles. The first-order valence-corrected chi connectivity index (χ1v) is 8.92. The summed E-state index contributed by atoms with van der Waals surface area (Å²) >= 11 is 3.36. The Hall–Kier alpha value is -2.27. The second kappa shape index (κ2) is 5.42. The smallest absolute Gasteiger partial charge is 0.258 e. The van der Waals surface area contributed by atoms with Crippen LogP contribution >= 0.6 is 15.9 Å². The molecule has 1 aromatic carbocycles. The SMILES string of the molecule is COc1cc(-c2nc3nc(S(C)(=O)=O)nc(N)n3n2)ccc1Br. The summed E-state index contributed by atoms with van der Waals surface area (Å²) in [6.07, 6.45) is 0.995. The summed E-state index contributed by atoms with van der Waals surface area (Å²) in [5.74, 6) is 0.868. The van der Waals surface area contributed by atoms with Gasteiger partial charge in [0.2, 0.25) is 15.8 Å². The van der Waals surface area contributed by atoms with E-state index in [4.69, 9.17) is 10.5 Å². The van der Waals surface area contributed by atoms with Crippen molar-refractivity contribution in [2.24, 2.45) is 0 Å². The van der Waals surface area contributed by atoms with Crippen LogP contribution < -0.4 is 10.5 Å². The molecule has 0 saturated heterocycles. The Morgan fingerprint density at radius 1 is 1.26 bits per heavy atom. The van der Waals surface area contributed by atoms with Gasteiger partial charge in [0.05, 0.1) is 11.6 Å². The fraction of sp³-hybridized carbons (Fsp3) is 0.167. The number of benzene rings is 1.